The SMILES string of the molecule is CC(=O)NC1CC(Cn2cc(CN(C)C)nn2)C(O)C1O. The summed E-state index contributed by atoms with van der Waals surface area (Å²) in [4.78, 5) is 13.1. The van der Waals surface area contributed by atoms with Crippen molar-refractivity contribution in [2.45, 2.75) is 44.7 Å². The molecular weight excluding hydrogens is 274 g/mol. The fourth-order valence-corrected chi connectivity index (χ4v) is 2.77. The lowest BCUT2D eigenvalue weighted by molar-refractivity contribution is -0.120. The number of amides is 1. The summed E-state index contributed by atoms with van der Waals surface area (Å²) >= 11 is 0. The lowest BCUT2D eigenvalue weighted by Gasteiger charge is -2.17. The molecule has 1 fully saturated rings. The van der Waals surface area contributed by atoms with E-state index in [1.165, 1.54) is 6.92 Å². The van der Waals surface area contributed by atoms with Crippen molar-refractivity contribution in [2.24, 2.45) is 5.92 Å². The number of hydrogen-bond acceptors (Lipinski definition) is 6. The second-order valence-electron chi connectivity index (χ2n) is 5.95. The second kappa shape index (κ2) is 6.50. The highest BCUT2D eigenvalue weighted by Crippen LogP contribution is 2.28. The van der Waals surface area contributed by atoms with Crippen LogP contribution in [0.15, 0.2) is 6.20 Å². The van der Waals surface area contributed by atoms with E-state index in [1.807, 2.05) is 25.2 Å². The van der Waals surface area contributed by atoms with E-state index in [-0.39, 0.29) is 11.8 Å². The Bertz CT molecular complexity index is 490. The predicted molar refractivity (Wildman–Crippen MR) is 75.1 cm³/mol. The highest BCUT2D eigenvalue weighted by atomic mass is 16.3. The number of hydrogen-bond donors (Lipinski definition) is 3. The van der Waals surface area contributed by atoms with Crippen LogP contribution < -0.4 is 5.32 Å². The fourth-order valence-electron chi connectivity index (χ4n) is 2.77. The third kappa shape index (κ3) is 3.99. The topological polar surface area (TPSA) is 104 Å². The molecule has 8 heteroatoms. The van der Waals surface area contributed by atoms with E-state index in [4.69, 9.17) is 0 Å². The maximum absolute atomic E-state index is 11.1. The van der Waals surface area contributed by atoms with Crippen molar-refractivity contribution in [1.29, 1.82) is 0 Å². The molecule has 1 aromatic rings. The van der Waals surface area contributed by atoms with E-state index in [2.05, 4.69) is 15.6 Å². The zero-order chi connectivity index (χ0) is 15.6. The first-order chi connectivity index (χ1) is 9.86. The Morgan fingerprint density at radius 2 is 2.19 bits per heavy atom. The molecule has 0 aliphatic heterocycles. The van der Waals surface area contributed by atoms with Crippen molar-refractivity contribution in [2.75, 3.05) is 14.1 Å². The number of nitrogens with one attached hydrogen (secondary N) is 1. The Morgan fingerprint density at radius 3 is 2.81 bits per heavy atom. The molecule has 21 heavy (non-hydrogen) atoms. The van der Waals surface area contributed by atoms with Gasteiger partial charge in [-0.3, -0.25) is 9.48 Å². The van der Waals surface area contributed by atoms with Gasteiger partial charge in [0, 0.05) is 32.1 Å². The molecule has 0 bridgehead atoms. The number of carbonyl (C=O) groups is 1. The van der Waals surface area contributed by atoms with E-state index in [0.717, 1.165) is 5.69 Å². The standard InChI is InChI=1S/C13H23N5O3/c1-8(19)14-11-4-9(12(20)13(11)21)5-18-7-10(15-16-18)6-17(2)3/h7,9,11-13,20-21H,4-6H2,1-3H3,(H,14,19). The molecule has 0 aromatic carbocycles. The van der Waals surface area contributed by atoms with E-state index in [9.17, 15) is 15.0 Å². The first-order valence-electron chi connectivity index (χ1n) is 7.03. The smallest absolute Gasteiger partial charge is 0.217 e. The summed E-state index contributed by atoms with van der Waals surface area (Å²) in [6.07, 6.45) is 0.544. The Kier molecular flexibility index (Phi) is 4.92. The van der Waals surface area contributed by atoms with Crippen LogP contribution in [0.2, 0.25) is 0 Å². The number of rotatable bonds is 5. The number of aromatic nitrogens is 3. The van der Waals surface area contributed by atoms with Gasteiger partial charge in [-0.2, -0.15) is 0 Å². The lowest BCUT2D eigenvalue weighted by atomic mass is 10.1. The molecule has 1 amide bonds. The zero-order valence-corrected chi connectivity index (χ0v) is 12.6. The van der Waals surface area contributed by atoms with Gasteiger partial charge in [0.1, 0.15) is 6.10 Å². The normalized spacial score (nSPS) is 29.0. The molecule has 1 heterocycles. The van der Waals surface area contributed by atoms with E-state index < -0.39 is 18.2 Å². The molecule has 0 radical (unpaired) electrons. The molecule has 1 aliphatic carbocycles. The summed E-state index contributed by atoms with van der Waals surface area (Å²) in [5.74, 6) is -0.369. The van der Waals surface area contributed by atoms with Crippen LogP contribution in [0, 0.1) is 5.92 Å². The first-order valence-corrected chi connectivity index (χ1v) is 7.03. The molecule has 2 rings (SSSR count). The Morgan fingerprint density at radius 1 is 1.48 bits per heavy atom. The van der Waals surface area contributed by atoms with Crippen LogP contribution in [0.3, 0.4) is 0 Å². The maximum Gasteiger partial charge on any atom is 0.217 e. The van der Waals surface area contributed by atoms with E-state index in [0.29, 0.717) is 19.5 Å². The van der Waals surface area contributed by atoms with Gasteiger partial charge in [-0.05, 0) is 20.5 Å². The quantitative estimate of drug-likeness (QED) is 0.617. The monoisotopic (exact) mass is 297 g/mol. The molecule has 3 N–H and O–H groups in total. The summed E-state index contributed by atoms with van der Waals surface area (Å²) in [6, 6.07) is -0.410. The molecule has 8 nitrogen and oxygen atoms in total. The van der Waals surface area contributed by atoms with Crippen LogP contribution in [0.25, 0.3) is 0 Å². The molecule has 1 saturated carbocycles. The predicted octanol–water partition coefficient (Wildman–Crippen LogP) is -1.41. The van der Waals surface area contributed by atoms with Crippen LogP contribution in [0.1, 0.15) is 19.0 Å². The number of aliphatic hydroxyl groups excluding tert-OH is 2. The molecule has 4 atom stereocenters. The van der Waals surface area contributed by atoms with Crippen LogP contribution in [-0.2, 0) is 17.9 Å². The molecule has 1 aromatic heterocycles. The average Bonchev–Trinajstić information content (AvgIpc) is 2.90. The minimum Gasteiger partial charge on any atom is -0.390 e. The second-order valence-corrected chi connectivity index (χ2v) is 5.95. The van der Waals surface area contributed by atoms with Crippen LogP contribution in [0.5, 0.6) is 0 Å². The number of aliphatic hydroxyl groups is 2. The summed E-state index contributed by atoms with van der Waals surface area (Å²) in [7, 11) is 3.91. The van der Waals surface area contributed by atoms with E-state index >= 15 is 0 Å². The molecule has 0 spiro atoms. The van der Waals surface area contributed by atoms with Crippen LogP contribution in [0.4, 0.5) is 0 Å². The third-order valence-corrected chi connectivity index (χ3v) is 3.68. The van der Waals surface area contributed by atoms with Gasteiger partial charge in [0.05, 0.1) is 17.8 Å². The summed E-state index contributed by atoms with van der Waals surface area (Å²) in [6.45, 7) is 2.57. The Labute approximate surface area is 123 Å². The van der Waals surface area contributed by atoms with Crippen molar-refractivity contribution in [3.05, 3.63) is 11.9 Å². The van der Waals surface area contributed by atoms with Gasteiger partial charge in [0.25, 0.3) is 0 Å². The van der Waals surface area contributed by atoms with Gasteiger partial charge >= 0.3 is 0 Å². The zero-order valence-electron chi connectivity index (χ0n) is 12.6. The van der Waals surface area contributed by atoms with Gasteiger partial charge in [0.2, 0.25) is 5.91 Å². The van der Waals surface area contributed by atoms with Crippen molar-refractivity contribution in [3.8, 4) is 0 Å². The largest absolute Gasteiger partial charge is 0.390 e. The fraction of sp³-hybridized carbons (Fsp3) is 0.769. The molecular formula is C13H23N5O3. The first kappa shape index (κ1) is 15.9. The van der Waals surface area contributed by atoms with Crippen LogP contribution >= 0.6 is 0 Å². The van der Waals surface area contributed by atoms with Crippen LogP contribution in [-0.4, -0.2) is 68.4 Å². The van der Waals surface area contributed by atoms with Crippen molar-refractivity contribution >= 4 is 5.91 Å². The van der Waals surface area contributed by atoms with Crippen molar-refractivity contribution in [1.82, 2.24) is 25.2 Å². The highest BCUT2D eigenvalue weighted by molar-refractivity contribution is 5.73. The molecule has 4 unspecified atom stereocenters. The summed E-state index contributed by atoms with van der Waals surface area (Å²) in [5, 5.41) is 30.8. The number of carbonyl (C=O) groups excluding carboxylic acids is 1. The minimum atomic E-state index is -0.941. The summed E-state index contributed by atoms with van der Waals surface area (Å²) in [5.41, 5.74) is 0.853. The van der Waals surface area contributed by atoms with Gasteiger partial charge in [0.15, 0.2) is 0 Å². The van der Waals surface area contributed by atoms with Gasteiger partial charge in [-0.1, -0.05) is 5.21 Å². The van der Waals surface area contributed by atoms with Crippen molar-refractivity contribution < 1.29 is 15.0 Å². The number of nitrogens with zero attached hydrogens (tertiary/aromatic N) is 4. The van der Waals surface area contributed by atoms with Gasteiger partial charge in [-0.15, -0.1) is 5.10 Å². The average molecular weight is 297 g/mol. The van der Waals surface area contributed by atoms with Crippen molar-refractivity contribution in [3.63, 3.8) is 0 Å². The van der Waals surface area contributed by atoms with Gasteiger partial charge < -0.3 is 20.4 Å². The lowest BCUT2D eigenvalue weighted by Crippen LogP contribution is -2.42. The Hall–Kier alpha value is -1.51. The minimum absolute atomic E-state index is 0.161. The van der Waals surface area contributed by atoms with Gasteiger partial charge in [-0.25, -0.2) is 0 Å². The maximum atomic E-state index is 11.1. The van der Waals surface area contributed by atoms with E-state index in [1.54, 1.807) is 4.68 Å². The highest BCUT2D eigenvalue weighted by Gasteiger charge is 2.41. The molecule has 118 valence electrons. The Balaban J connectivity index is 1.96. The molecule has 1 aliphatic rings. The molecule has 0 saturated heterocycles. The third-order valence-electron chi connectivity index (χ3n) is 3.68. The summed E-state index contributed by atoms with van der Waals surface area (Å²) < 4.78 is 1.68.